The van der Waals surface area contributed by atoms with Gasteiger partial charge >= 0.3 is 0 Å². The second kappa shape index (κ2) is 9.67. The minimum Gasteiger partial charge on any atom is -0.385 e. The molecule has 3 N–H and O–H groups in total. The number of hydrogen-bond acceptors (Lipinski definition) is 5. The van der Waals surface area contributed by atoms with E-state index in [2.05, 4.69) is 15.6 Å². The van der Waals surface area contributed by atoms with Crippen LogP contribution in [0, 0.1) is 11.7 Å². The number of aryl methyl sites for hydroxylation is 1. The van der Waals surface area contributed by atoms with Crippen molar-refractivity contribution >= 4 is 40.6 Å². The highest BCUT2D eigenvalue weighted by Gasteiger charge is 2.13. The van der Waals surface area contributed by atoms with E-state index >= 15 is 0 Å². The van der Waals surface area contributed by atoms with Crippen molar-refractivity contribution in [3.05, 3.63) is 68.2 Å². The predicted octanol–water partition coefficient (Wildman–Crippen LogP) is 3.02. The summed E-state index contributed by atoms with van der Waals surface area (Å²) < 4.78 is 6.81. The number of carbonyl (C=O) groups excluding carboxylic acids is 2. The first-order chi connectivity index (χ1) is 14.8. The molecule has 0 fully saturated rings. The third kappa shape index (κ3) is 4.89. The largest absolute Gasteiger partial charge is 0.385 e. The fourth-order valence-corrected chi connectivity index (χ4v) is 3.49. The smallest absolute Gasteiger partial charge is 0.262 e. The maximum absolute atomic E-state index is 12.8. The number of carbonyl (C=O) groups is 2. The number of nitrogens with one attached hydrogen (secondary N) is 3. The lowest BCUT2D eigenvalue weighted by molar-refractivity contribution is 0.0961. The number of aromatic amines is 1. The molecule has 0 saturated carbocycles. The van der Waals surface area contributed by atoms with Crippen LogP contribution in [-0.2, 0) is 11.3 Å². The molecule has 9 heteroatoms. The monoisotopic (exact) mass is 440 g/mol. The average molecular weight is 441 g/mol. The lowest BCUT2D eigenvalue weighted by Crippen LogP contribution is -2.23. The molecule has 0 saturated heterocycles. The van der Waals surface area contributed by atoms with Crippen LogP contribution in [0.3, 0.4) is 0 Å². The van der Waals surface area contributed by atoms with E-state index < -0.39 is 0 Å². The number of rotatable bonds is 7. The van der Waals surface area contributed by atoms with Crippen LogP contribution in [0.2, 0.25) is 0 Å². The second-order valence-corrected chi connectivity index (χ2v) is 7.44. The van der Waals surface area contributed by atoms with Crippen LogP contribution in [0.25, 0.3) is 10.9 Å². The maximum Gasteiger partial charge on any atom is 0.262 e. The number of methoxy groups -OCH3 is 1. The van der Waals surface area contributed by atoms with Crippen LogP contribution in [-0.4, -0.2) is 42.1 Å². The number of aromatic nitrogens is 2. The highest BCUT2D eigenvalue weighted by Crippen LogP contribution is 2.19. The summed E-state index contributed by atoms with van der Waals surface area (Å²) in [4.78, 5) is 40.5. The molecule has 0 aliphatic rings. The molecule has 0 bridgehead atoms. The van der Waals surface area contributed by atoms with E-state index in [4.69, 9.17) is 17.0 Å². The Bertz CT molecular complexity index is 1260. The molecule has 31 heavy (non-hydrogen) atoms. The summed E-state index contributed by atoms with van der Waals surface area (Å²) in [6.45, 7) is 2.81. The zero-order valence-electron chi connectivity index (χ0n) is 17.6. The van der Waals surface area contributed by atoms with Crippen molar-refractivity contribution in [2.75, 3.05) is 26.1 Å². The van der Waals surface area contributed by atoms with Crippen molar-refractivity contribution in [1.29, 1.82) is 0 Å². The summed E-state index contributed by atoms with van der Waals surface area (Å²) in [5, 5.41) is 5.83. The van der Waals surface area contributed by atoms with Gasteiger partial charge in [0.15, 0.2) is 4.77 Å². The Kier molecular flexibility index (Phi) is 6.98. The number of nitrogens with zero attached hydrogens (tertiary/aromatic N) is 1. The van der Waals surface area contributed by atoms with Crippen LogP contribution in [0.5, 0.6) is 0 Å². The fourth-order valence-electron chi connectivity index (χ4n) is 3.20. The van der Waals surface area contributed by atoms with Gasteiger partial charge in [-0.25, -0.2) is 0 Å². The number of hydrogen-bond donors (Lipinski definition) is 3. The van der Waals surface area contributed by atoms with Gasteiger partial charge in [-0.15, -0.1) is 0 Å². The number of H-pyrrole nitrogens is 1. The lowest BCUT2D eigenvalue weighted by Gasteiger charge is -2.11. The van der Waals surface area contributed by atoms with Crippen molar-refractivity contribution < 1.29 is 14.3 Å². The first kappa shape index (κ1) is 22.4. The van der Waals surface area contributed by atoms with Gasteiger partial charge < -0.3 is 20.4 Å². The standard InChI is InChI=1S/C22H24N4O4S/c1-13-5-6-14(19(27)23-2)11-17(13)24-20(28)15-7-8-16-18(12-15)25-22(31)26(21(16)29)9-4-10-30-3/h5-8,11-12H,4,9-10H2,1-3H3,(H,23,27)(H,24,28)(H,25,31). The summed E-state index contributed by atoms with van der Waals surface area (Å²) in [5.41, 5.74) is 2.43. The van der Waals surface area contributed by atoms with E-state index in [1.54, 1.807) is 50.6 Å². The van der Waals surface area contributed by atoms with Crippen molar-refractivity contribution in [3.63, 3.8) is 0 Å². The quantitative estimate of drug-likeness (QED) is 0.387. The number of fused-ring (bicyclic) bond motifs is 1. The molecule has 3 rings (SSSR count). The molecular formula is C22H24N4O4S. The molecule has 0 atom stereocenters. The van der Waals surface area contributed by atoms with Crippen molar-refractivity contribution in [3.8, 4) is 0 Å². The molecule has 3 aromatic rings. The van der Waals surface area contributed by atoms with E-state index in [9.17, 15) is 14.4 Å². The molecule has 1 heterocycles. The Morgan fingerprint density at radius 3 is 2.55 bits per heavy atom. The van der Waals surface area contributed by atoms with Crippen LogP contribution in [0.1, 0.15) is 32.7 Å². The van der Waals surface area contributed by atoms with Crippen LogP contribution in [0.4, 0.5) is 5.69 Å². The van der Waals surface area contributed by atoms with Gasteiger partial charge in [0, 0.05) is 44.1 Å². The number of ether oxygens (including phenoxy) is 1. The molecule has 0 radical (unpaired) electrons. The van der Waals surface area contributed by atoms with Gasteiger partial charge in [0.25, 0.3) is 17.4 Å². The average Bonchev–Trinajstić information content (AvgIpc) is 2.76. The van der Waals surface area contributed by atoms with Crippen molar-refractivity contribution in [2.45, 2.75) is 19.9 Å². The molecule has 2 aromatic carbocycles. The van der Waals surface area contributed by atoms with Gasteiger partial charge in [-0.2, -0.15) is 0 Å². The summed E-state index contributed by atoms with van der Waals surface area (Å²) in [6, 6.07) is 9.88. The van der Waals surface area contributed by atoms with Crippen LogP contribution >= 0.6 is 12.2 Å². The minimum absolute atomic E-state index is 0.212. The Morgan fingerprint density at radius 2 is 1.84 bits per heavy atom. The topological polar surface area (TPSA) is 105 Å². The zero-order valence-corrected chi connectivity index (χ0v) is 18.4. The maximum atomic E-state index is 12.8. The van der Waals surface area contributed by atoms with E-state index in [1.807, 2.05) is 6.92 Å². The number of benzene rings is 2. The number of amides is 2. The van der Waals surface area contributed by atoms with E-state index in [1.165, 1.54) is 4.57 Å². The third-order valence-corrected chi connectivity index (χ3v) is 5.27. The summed E-state index contributed by atoms with van der Waals surface area (Å²) in [5.74, 6) is -0.599. The van der Waals surface area contributed by atoms with Crippen molar-refractivity contribution in [1.82, 2.24) is 14.9 Å². The minimum atomic E-state index is -0.359. The van der Waals surface area contributed by atoms with E-state index in [-0.39, 0.29) is 17.4 Å². The molecule has 0 unspecified atom stereocenters. The first-order valence-corrected chi connectivity index (χ1v) is 10.2. The zero-order chi connectivity index (χ0) is 22.5. The van der Waals surface area contributed by atoms with Gasteiger partial charge in [0.05, 0.1) is 10.9 Å². The highest BCUT2D eigenvalue weighted by atomic mass is 32.1. The third-order valence-electron chi connectivity index (χ3n) is 4.95. The van der Waals surface area contributed by atoms with E-state index in [0.29, 0.717) is 52.1 Å². The van der Waals surface area contributed by atoms with Crippen molar-refractivity contribution in [2.24, 2.45) is 0 Å². The van der Waals surface area contributed by atoms with Crippen LogP contribution in [0.15, 0.2) is 41.2 Å². The van der Waals surface area contributed by atoms with Gasteiger partial charge in [-0.05, 0) is 61.5 Å². The molecule has 1 aromatic heterocycles. The summed E-state index contributed by atoms with van der Waals surface area (Å²) >= 11 is 5.33. The molecule has 162 valence electrons. The Balaban J connectivity index is 1.91. The second-order valence-electron chi connectivity index (χ2n) is 7.06. The first-order valence-electron chi connectivity index (χ1n) is 9.75. The molecule has 0 spiro atoms. The molecule has 0 aliphatic carbocycles. The molecule has 2 amide bonds. The van der Waals surface area contributed by atoms with Gasteiger partial charge in [0.2, 0.25) is 0 Å². The van der Waals surface area contributed by atoms with E-state index in [0.717, 1.165) is 5.56 Å². The SMILES string of the molecule is CNC(=O)c1ccc(C)c(NC(=O)c2ccc3c(=O)n(CCCOC)c(=S)[nH]c3c2)c1. The number of anilines is 1. The highest BCUT2D eigenvalue weighted by molar-refractivity contribution is 7.71. The Morgan fingerprint density at radius 1 is 1.13 bits per heavy atom. The predicted molar refractivity (Wildman–Crippen MR) is 122 cm³/mol. The lowest BCUT2D eigenvalue weighted by atomic mass is 10.1. The molecular weight excluding hydrogens is 416 g/mol. The van der Waals surface area contributed by atoms with Gasteiger partial charge in [0.1, 0.15) is 0 Å². The summed E-state index contributed by atoms with van der Waals surface area (Å²) in [7, 11) is 3.15. The fraction of sp³-hybridized carbons (Fsp3) is 0.273. The van der Waals surface area contributed by atoms with Gasteiger partial charge in [-0.3, -0.25) is 19.0 Å². The Hall–Kier alpha value is -3.30. The van der Waals surface area contributed by atoms with Gasteiger partial charge in [-0.1, -0.05) is 6.07 Å². The normalized spacial score (nSPS) is 10.8. The van der Waals surface area contributed by atoms with Crippen LogP contribution < -0.4 is 16.2 Å². The Labute approximate surface area is 184 Å². The summed E-state index contributed by atoms with van der Waals surface area (Å²) in [6.07, 6.45) is 0.661. The molecule has 8 nitrogen and oxygen atoms in total. The molecule has 0 aliphatic heterocycles.